The predicted molar refractivity (Wildman–Crippen MR) is 93.7 cm³/mol. The fourth-order valence-corrected chi connectivity index (χ4v) is 4.37. The van der Waals surface area contributed by atoms with E-state index < -0.39 is 0 Å². The molecule has 4 nitrogen and oxygen atoms in total. The number of anilines is 1. The minimum atomic E-state index is 0.0308. The molecule has 1 unspecified atom stereocenters. The van der Waals surface area contributed by atoms with E-state index >= 15 is 0 Å². The van der Waals surface area contributed by atoms with E-state index in [1.165, 1.54) is 0 Å². The van der Waals surface area contributed by atoms with Gasteiger partial charge in [0.1, 0.15) is 0 Å². The summed E-state index contributed by atoms with van der Waals surface area (Å²) in [7, 11) is 1.96. The van der Waals surface area contributed by atoms with Gasteiger partial charge >= 0.3 is 0 Å². The average molecular weight is 419 g/mol. The van der Waals surface area contributed by atoms with Crippen molar-refractivity contribution in [2.45, 2.75) is 25.8 Å². The van der Waals surface area contributed by atoms with Crippen molar-refractivity contribution in [3.05, 3.63) is 26.6 Å². The van der Waals surface area contributed by atoms with E-state index in [-0.39, 0.29) is 5.91 Å². The molecule has 116 valence electrons. The predicted octanol–water partition coefficient (Wildman–Crippen LogP) is 3.14. The number of likely N-dealkylation sites (N-methyl/N-ethyl adjacent to an activating group) is 1. The number of nitrogens with one attached hydrogen (secondary N) is 2. The van der Waals surface area contributed by atoms with Gasteiger partial charge in [0.25, 0.3) is 0 Å². The van der Waals surface area contributed by atoms with E-state index in [4.69, 9.17) is 0 Å². The fourth-order valence-electron chi connectivity index (χ4n) is 2.75. The Morgan fingerprint density at radius 1 is 1.38 bits per heavy atom. The molecule has 2 rings (SSSR count). The third-order valence-electron chi connectivity index (χ3n) is 3.74. The van der Waals surface area contributed by atoms with Gasteiger partial charge in [-0.15, -0.1) is 0 Å². The van der Waals surface area contributed by atoms with Crippen LogP contribution in [0.15, 0.2) is 21.1 Å². The molecule has 1 aromatic rings. The highest BCUT2D eigenvalue weighted by Crippen LogP contribution is 2.32. The molecule has 1 atom stereocenters. The van der Waals surface area contributed by atoms with E-state index in [9.17, 15) is 4.79 Å². The molecule has 0 bridgehead atoms. The molecule has 1 aliphatic rings. The lowest BCUT2D eigenvalue weighted by Gasteiger charge is -2.23. The molecule has 1 saturated heterocycles. The Kier molecular flexibility index (Phi) is 6.22. The zero-order valence-corrected chi connectivity index (χ0v) is 15.6. The van der Waals surface area contributed by atoms with Crippen molar-refractivity contribution < 1.29 is 4.79 Å². The van der Waals surface area contributed by atoms with Gasteiger partial charge in [-0.25, -0.2) is 0 Å². The molecule has 0 spiro atoms. The molecule has 2 N–H and O–H groups in total. The van der Waals surface area contributed by atoms with E-state index in [1.54, 1.807) is 0 Å². The van der Waals surface area contributed by atoms with Crippen LogP contribution in [0.5, 0.6) is 0 Å². The summed E-state index contributed by atoms with van der Waals surface area (Å²) in [5.41, 5.74) is 1.94. The molecule has 6 heteroatoms. The lowest BCUT2D eigenvalue weighted by atomic mass is 10.2. The number of aryl methyl sites for hydroxylation is 1. The van der Waals surface area contributed by atoms with Crippen LogP contribution < -0.4 is 10.6 Å². The van der Waals surface area contributed by atoms with Gasteiger partial charge < -0.3 is 10.6 Å². The highest BCUT2D eigenvalue weighted by atomic mass is 79.9. The molecule has 1 amide bonds. The van der Waals surface area contributed by atoms with Crippen molar-refractivity contribution in [1.82, 2.24) is 10.2 Å². The smallest absolute Gasteiger partial charge is 0.238 e. The molecule has 0 aromatic heterocycles. The molecule has 1 fully saturated rings. The fraction of sp³-hybridized carbons (Fsp3) is 0.533. The molecule has 0 radical (unpaired) electrons. The summed E-state index contributed by atoms with van der Waals surface area (Å²) in [6.45, 7) is 4.40. The molecule has 0 saturated carbocycles. The van der Waals surface area contributed by atoms with Gasteiger partial charge in [0, 0.05) is 21.5 Å². The Bertz CT molecular complexity index is 499. The first-order valence-corrected chi connectivity index (χ1v) is 8.74. The largest absolute Gasteiger partial charge is 0.323 e. The van der Waals surface area contributed by atoms with Gasteiger partial charge in [-0.05, 0) is 82.9 Å². The zero-order chi connectivity index (χ0) is 15.4. The number of nitrogens with zero attached hydrogens (tertiary/aromatic N) is 1. The van der Waals surface area contributed by atoms with Crippen LogP contribution >= 0.6 is 31.9 Å². The Morgan fingerprint density at radius 3 is 2.67 bits per heavy atom. The lowest BCUT2D eigenvalue weighted by Crippen LogP contribution is -2.41. The van der Waals surface area contributed by atoms with Crippen molar-refractivity contribution in [2.24, 2.45) is 0 Å². The topological polar surface area (TPSA) is 44.4 Å². The van der Waals surface area contributed by atoms with Gasteiger partial charge in [0.2, 0.25) is 5.91 Å². The zero-order valence-electron chi connectivity index (χ0n) is 12.4. The number of hydrogen-bond donors (Lipinski definition) is 2. The first-order chi connectivity index (χ1) is 10.0. The van der Waals surface area contributed by atoms with Crippen LogP contribution in [0.3, 0.4) is 0 Å². The van der Waals surface area contributed by atoms with Crippen molar-refractivity contribution in [3.63, 3.8) is 0 Å². The summed E-state index contributed by atoms with van der Waals surface area (Å²) in [5.74, 6) is 0.0308. The Balaban J connectivity index is 1.99. The number of carbonyl (C=O) groups excluding carboxylic acids is 1. The maximum Gasteiger partial charge on any atom is 0.238 e. The SMILES string of the molecule is CNCC1CCCN1CC(=O)Nc1c(Br)cc(C)cc1Br. The van der Waals surface area contributed by atoms with Gasteiger partial charge in [-0.2, -0.15) is 0 Å². The number of hydrogen-bond acceptors (Lipinski definition) is 3. The minimum Gasteiger partial charge on any atom is -0.323 e. The molecular formula is C15H21Br2N3O. The number of halogens is 2. The van der Waals surface area contributed by atoms with Crippen molar-refractivity contribution in [2.75, 3.05) is 32.0 Å². The molecular weight excluding hydrogens is 398 g/mol. The quantitative estimate of drug-likeness (QED) is 0.771. The third kappa shape index (κ3) is 4.52. The second kappa shape index (κ2) is 7.72. The molecule has 21 heavy (non-hydrogen) atoms. The second-order valence-corrected chi connectivity index (χ2v) is 7.18. The van der Waals surface area contributed by atoms with Crippen LogP contribution in [0.25, 0.3) is 0 Å². The Hall–Kier alpha value is -0.430. The summed E-state index contributed by atoms with van der Waals surface area (Å²) in [4.78, 5) is 14.5. The van der Waals surface area contributed by atoms with Crippen LogP contribution in [-0.2, 0) is 4.79 Å². The van der Waals surface area contributed by atoms with Crippen molar-refractivity contribution in [3.8, 4) is 0 Å². The minimum absolute atomic E-state index is 0.0308. The van der Waals surface area contributed by atoms with Gasteiger partial charge in [0.05, 0.1) is 12.2 Å². The molecule has 1 aromatic carbocycles. The maximum absolute atomic E-state index is 12.3. The summed E-state index contributed by atoms with van der Waals surface area (Å²) < 4.78 is 1.80. The van der Waals surface area contributed by atoms with Crippen LogP contribution in [-0.4, -0.2) is 43.5 Å². The number of benzene rings is 1. The summed E-state index contributed by atoms with van der Waals surface area (Å²) in [6.07, 6.45) is 2.32. The normalized spacial score (nSPS) is 19.0. The standard InChI is InChI=1S/C15H21Br2N3O/c1-10-6-12(16)15(13(17)7-10)19-14(21)9-20-5-3-4-11(20)8-18-2/h6-7,11,18H,3-5,8-9H2,1-2H3,(H,19,21). The summed E-state index contributed by atoms with van der Waals surface area (Å²) in [5, 5.41) is 6.20. The number of amides is 1. The molecule has 1 aliphatic heterocycles. The molecule has 0 aliphatic carbocycles. The maximum atomic E-state index is 12.3. The number of carbonyl (C=O) groups is 1. The van der Waals surface area contributed by atoms with Crippen LogP contribution in [0, 0.1) is 6.92 Å². The van der Waals surface area contributed by atoms with Gasteiger partial charge in [-0.1, -0.05) is 0 Å². The monoisotopic (exact) mass is 417 g/mol. The van der Waals surface area contributed by atoms with E-state index in [0.29, 0.717) is 12.6 Å². The van der Waals surface area contributed by atoms with E-state index in [2.05, 4.69) is 47.4 Å². The number of rotatable bonds is 5. The molecule has 1 heterocycles. The third-order valence-corrected chi connectivity index (χ3v) is 4.99. The van der Waals surface area contributed by atoms with E-state index in [0.717, 1.165) is 46.1 Å². The highest BCUT2D eigenvalue weighted by Gasteiger charge is 2.25. The average Bonchev–Trinajstić information content (AvgIpc) is 2.82. The first kappa shape index (κ1) is 16.9. The van der Waals surface area contributed by atoms with Gasteiger partial charge in [0.15, 0.2) is 0 Å². The van der Waals surface area contributed by atoms with Gasteiger partial charge in [-0.3, -0.25) is 9.69 Å². The highest BCUT2D eigenvalue weighted by molar-refractivity contribution is 9.11. The first-order valence-electron chi connectivity index (χ1n) is 7.15. The lowest BCUT2D eigenvalue weighted by molar-refractivity contribution is -0.117. The van der Waals surface area contributed by atoms with Crippen LogP contribution in [0.1, 0.15) is 18.4 Å². The Labute approximate surface area is 142 Å². The Morgan fingerprint density at radius 2 is 2.05 bits per heavy atom. The number of likely N-dealkylation sites (tertiary alicyclic amines) is 1. The van der Waals surface area contributed by atoms with Crippen LogP contribution in [0.2, 0.25) is 0 Å². The summed E-state index contributed by atoms with van der Waals surface area (Å²) >= 11 is 7.02. The van der Waals surface area contributed by atoms with Crippen LogP contribution in [0.4, 0.5) is 5.69 Å². The summed E-state index contributed by atoms with van der Waals surface area (Å²) in [6, 6.07) is 4.46. The van der Waals surface area contributed by atoms with E-state index in [1.807, 2.05) is 26.1 Å². The van der Waals surface area contributed by atoms with Crippen molar-refractivity contribution >= 4 is 43.5 Å². The van der Waals surface area contributed by atoms with Crippen molar-refractivity contribution in [1.29, 1.82) is 0 Å². The second-order valence-electron chi connectivity index (χ2n) is 5.48.